The third-order valence-electron chi connectivity index (χ3n) is 4.08. The van der Waals surface area contributed by atoms with Gasteiger partial charge in [-0.2, -0.15) is 0 Å². The number of hydrogen-bond donors (Lipinski definition) is 0. The van der Waals surface area contributed by atoms with Gasteiger partial charge in [0.15, 0.2) is 16.8 Å². The number of ketones is 1. The SMILES string of the molecule is O=C(CSc1nnc(-c2ccccn2)n1Cc1ccco1)c1ccc(Cl)c(Cl)c1. The summed E-state index contributed by atoms with van der Waals surface area (Å²) < 4.78 is 7.35. The number of furan rings is 1. The van der Waals surface area contributed by atoms with E-state index in [2.05, 4.69) is 15.2 Å². The van der Waals surface area contributed by atoms with E-state index in [4.69, 9.17) is 27.6 Å². The van der Waals surface area contributed by atoms with Gasteiger partial charge < -0.3 is 4.42 Å². The van der Waals surface area contributed by atoms with Crippen molar-refractivity contribution in [3.63, 3.8) is 0 Å². The Morgan fingerprint density at radius 1 is 1.07 bits per heavy atom. The Morgan fingerprint density at radius 3 is 2.69 bits per heavy atom. The highest BCUT2D eigenvalue weighted by Crippen LogP contribution is 2.26. The second kappa shape index (κ2) is 8.82. The van der Waals surface area contributed by atoms with E-state index in [0.29, 0.717) is 38.8 Å². The number of nitrogens with zero attached hydrogens (tertiary/aromatic N) is 4. The largest absolute Gasteiger partial charge is 0.467 e. The molecule has 0 saturated carbocycles. The molecule has 9 heteroatoms. The fourth-order valence-corrected chi connectivity index (χ4v) is 3.79. The maximum Gasteiger partial charge on any atom is 0.192 e. The van der Waals surface area contributed by atoms with Gasteiger partial charge in [-0.25, -0.2) is 0 Å². The normalized spacial score (nSPS) is 11.0. The van der Waals surface area contributed by atoms with Crippen molar-refractivity contribution >= 4 is 40.7 Å². The zero-order chi connectivity index (χ0) is 20.2. The molecule has 3 heterocycles. The Labute approximate surface area is 180 Å². The molecule has 3 aromatic heterocycles. The molecule has 0 amide bonds. The molecule has 0 aliphatic carbocycles. The highest BCUT2D eigenvalue weighted by molar-refractivity contribution is 7.99. The second-order valence-corrected chi connectivity index (χ2v) is 7.78. The lowest BCUT2D eigenvalue weighted by Gasteiger charge is -2.08. The lowest BCUT2D eigenvalue weighted by Crippen LogP contribution is -2.07. The van der Waals surface area contributed by atoms with Crippen molar-refractivity contribution in [2.24, 2.45) is 0 Å². The lowest BCUT2D eigenvalue weighted by molar-refractivity contribution is 0.102. The van der Waals surface area contributed by atoms with E-state index in [0.717, 1.165) is 5.76 Å². The van der Waals surface area contributed by atoms with E-state index in [1.54, 1.807) is 30.7 Å². The summed E-state index contributed by atoms with van der Waals surface area (Å²) in [5.74, 6) is 1.45. The summed E-state index contributed by atoms with van der Waals surface area (Å²) in [5, 5.41) is 9.90. The van der Waals surface area contributed by atoms with Crippen LogP contribution in [0.15, 0.2) is 70.6 Å². The molecule has 146 valence electrons. The van der Waals surface area contributed by atoms with Gasteiger partial charge in [0.1, 0.15) is 11.5 Å². The van der Waals surface area contributed by atoms with Crippen LogP contribution < -0.4 is 0 Å². The van der Waals surface area contributed by atoms with Crippen molar-refractivity contribution in [1.29, 1.82) is 0 Å². The van der Waals surface area contributed by atoms with E-state index in [1.165, 1.54) is 11.8 Å². The zero-order valence-electron chi connectivity index (χ0n) is 15.0. The van der Waals surface area contributed by atoms with Crippen LogP contribution in [0.3, 0.4) is 0 Å². The van der Waals surface area contributed by atoms with Gasteiger partial charge in [-0.15, -0.1) is 10.2 Å². The summed E-state index contributed by atoms with van der Waals surface area (Å²) in [6, 6.07) is 14.1. The molecule has 0 spiro atoms. The predicted octanol–water partition coefficient (Wildman–Crippen LogP) is 5.26. The molecule has 6 nitrogen and oxygen atoms in total. The van der Waals surface area contributed by atoms with E-state index in [-0.39, 0.29) is 11.5 Å². The van der Waals surface area contributed by atoms with Gasteiger partial charge in [0.05, 0.1) is 28.6 Å². The molecular formula is C20H14Cl2N4O2S. The van der Waals surface area contributed by atoms with Crippen molar-refractivity contribution in [2.75, 3.05) is 5.75 Å². The molecule has 4 rings (SSSR count). The van der Waals surface area contributed by atoms with Crippen LogP contribution in [0.5, 0.6) is 0 Å². The van der Waals surface area contributed by atoms with Crippen LogP contribution in [0.1, 0.15) is 16.1 Å². The van der Waals surface area contributed by atoms with Gasteiger partial charge in [0, 0.05) is 11.8 Å². The average molecular weight is 445 g/mol. The van der Waals surface area contributed by atoms with Crippen molar-refractivity contribution in [3.05, 3.63) is 82.4 Å². The first-order valence-electron chi connectivity index (χ1n) is 8.60. The van der Waals surface area contributed by atoms with Crippen molar-refractivity contribution in [3.8, 4) is 11.5 Å². The Kier molecular flexibility index (Phi) is 5.99. The molecule has 0 aliphatic rings. The highest BCUT2D eigenvalue weighted by atomic mass is 35.5. The smallest absolute Gasteiger partial charge is 0.192 e. The van der Waals surface area contributed by atoms with E-state index in [1.807, 2.05) is 34.9 Å². The first-order chi connectivity index (χ1) is 14.1. The van der Waals surface area contributed by atoms with Crippen molar-refractivity contribution in [2.45, 2.75) is 11.7 Å². The number of rotatable bonds is 7. The number of aromatic nitrogens is 4. The summed E-state index contributed by atoms with van der Waals surface area (Å²) in [6.45, 7) is 0.426. The van der Waals surface area contributed by atoms with Gasteiger partial charge in [0.25, 0.3) is 0 Å². The lowest BCUT2D eigenvalue weighted by atomic mass is 10.1. The minimum absolute atomic E-state index is 0.0829. The average Bonchev–Trinajstić information content (AvgIpc) is 3.39. The first-order valence-corrected chi connectivity index (χ1v) is 10.3. The third-order valence-corrected chi connectivity index (χ3v) is 5.78. The molecule has 0 radical (unpaired) electrons. The van der Waals surface area contributed by atoms with Crippen LogP contribution >= 0.6 is 35.0 Å². The molecule has 0 atom stereocenters. The van der Waals surface area contributed by atoms with Crippen molar-refractivity contribution < 1.29 is 9.21 Å². The maximum atomic E-state index is 12.6. The van der Waals surface area contributed by atoms with Crippen LogP contribution in [0, 0.1) is 0 Å². The fourth-order valence-electron chi connectivity index (χ4n) is 2.66. The minimum Gasteiger partial charge on any atom is -0.467 e. The zero-order valence-corrected chi connectivity index (χ0v) is 17.3. The van der Waals surface area contributed by atoms with Crippen LogP contribution in [0.25, 0.3) is 11.5 Å². The molecule has 0 unspecified atom stereocenters. The van der Waals surface area contributed by atoms with Gasteiger partial charge >= 0.3 is 0 Å². The van der Waals surface area contributed by atoms with Crippen LogP contribution in [-0.4, -0.2) is 31.3 Å². The van der Waals surface area contributed by atoms with Crippen LogP contribution in [0.2, 0.25) is 10.0 Å². The molecule has 4 aromatic rings. The number of carbonyl (C=O) groups is 1. The summed E-state index contributed by atoms with van der Waals surface area (Å²) in [7, 11) is 0. The number of pyridine rings is 1. The Bertz CT molecular complexity index is 1130. The molecule has 0 bridgehead atoms. The topological polar surface area (TPSA) is 73.8 Å². The monoisotopic (exact) mass is 444 g/mol. The highest BCUT2D eigenvalue weighted by Gasteiger charge is 2.18. The van der Waals surface area contributed by atoms with Crippen LogP contribution in [0.4, 0.5) is 0 Å². The Balaban J connectivity index is 1.58. The quantitative estimate of drug-likeness (QED) is 0.285. The third kappa shape index (κ3) is 4.53. The number of thioether (sulfide) groups is 1. The Hall–Kier alpha value is -2.61. The van der Waals surface area contributed by atoms with E-state index in [9.17, 15) is 4.79 Å². The van der Waals surface area contributed by atoms with Gasteiger partial charge in [-0.3, -0.25) is 14.3 Å². The summed E-state index contributed by atoms with van der Waals surface area (Å²) in [5.41, 5.74) is 1.18. The molecule has 0 N–H and O–H groups in total. The van der Waals surface area contributed by atoms with Crippen molar-refractivity contribution in [1.82, 2.24) is 19.7 Å². The van der Waals surface area contributed by atoms with E-state index < -0.39 is 0 Å². The summed E-state index contributed by atoms with van der Waals surface area (Å²) in [6.07, 6.45) is 3.31. The second-order valence-electron chi connectivity index (χ2n) is 6.03. The molecule has 0 fully saturated rings. The van der Waals surface area contributed by atoms with Crippen LogP contribution in [-0.2, 0) is 6.54 Å². The van der Waals surface area contributed by atoms with Gasteiger partial charge in [0.2, 0.25) is 0 Å². The summed E-state index contributed by atoms with van der Waals surface area (Å²) >= 11 is 13.2. The number of carbonyl (C=O) groups excluding carboxylic acids is 1. The molecule has 1 aromatic carbocycles. The molecule has 0 saturated heterocycles. The standard InChI is InChI=1S/C20H14Cl2N4O2S/c21-15-7-6-13(10-16(15)22)18(27)12-29-20-25-24-19(17-5-1-2-8-23-17)26(20)11-14-4-3-9-28-14/h1-10H,11-12H2. The maximum absolute atomic E-state index is 12.6. The number of Topliss-reactive ketones (excluding diaryl/α,β-unsaturated/α-hetero) is 1. The minimum atomic E-state index is -0.0829. The summed E-state index contributed by atoms with van der Waals surface area (Å²) in [4.78, 5) is 16.9. The molecular weight excluding hydrogens is 431 g/mol. The molecule has 29 heavy (non-hydrogen) atoms. The number of halogens is 2. The predicted molar refractivity (Wildman–Crippen MR) is 113 cm³/mol. The fraction of sp³-hybridized carbons (Fsp3) is 0.100. The first kappa shape index (κ1) is 19.7. The molecule has 0 aliphatic heterocycles. The number of hydrogen-bond acceptors (Lipinski definition) is 6. The Morgan fingerprint density at radius 2 is 1.97 bits per heavy atom. The van der Waals surface area contributed by atoms with Gasteiger partial charge in [-0.05, 0) is 42.5 Å². The van der Waals surface area contributed by atoms with E-state index >= 15 is 0 Å². The van der Waals surface area contributed by atoms with Gasteiger partial charge in [-0.1, -0.05) is 41.0 Å². The number of benzene rings is 1.